The van der Waals surface area contributed by atoms with Gasteiger partial charge < -0.3 is 0 Å². The number of halogens is 1. The van der Waals surface area contributed by atoms with Gasteiger partial charge in [0.05, 0.1) is 0 Å². The van der Waals surface area contributed by atoms with Crippen LogP contribution in [-0.2, 0) is 4.79 Å². The van der Waals surface area contributed by atoms with E-state index < -0.39 is 0 Å². The topological polar surface area (TPSA) is 17.1 Å². The molecule has 88 valence electrons. The third kappa shape index (κ3) is 3.38. The molecule has 1 atom stereocenters. The molecule has 0 N–H and O–H groups in total. The number of rotatable bonds is 3. The van der Waals surface area contributed by atoms with E-state index in [0.717, 1.165) is 24.8 Å². The van der Waals surface area contributed by atoms with Crippen LogP contribution < -0.4 is 0 Å². The van der Waals surface area contributed by atoms with Crippen molar-refractivity contribution in [3.05, 3.63) is 53.9 Å². The van der Waals surface area contributed by atoms with Crippen LogP contribution in [0.3, 0.4) is 0 Å². The molecule has 0 aliphatic heterocycles. The third-order valence-electron chi connectivity index (χ3n) is 2.97. The molecule has 1 aliphatic carbocycles. The standard InChI is InChI=1S/C15H15FO/c16-14-10-8-12(9-11-14)4-3-6-13-5-1-2-7-15(13)17/h2-4,7-11,13H,1,5-6H2. The van der Waals surface area contributed by atoms with Crippen molar-refractivity contribution in [2.75, 3.05) is 0 Å². The molecule has 1 aromatic rings. The first-order chi connectivity index (χ1) is 8.25. The van der Waals surface area contributed by atoms with Crippen LogP contribution in [0.1, 0.15) is 24.8 Å². The Bertz CT molecular complexity index is 442. The summed E-state index contributed by atoms with van der Waals surface area (Å²) in [6.07, 6.45) is 10.2. The maximum Gasteiger partial charge on any atom is 0.158 e. The van der Waals surface area contributed by atoms with E-state index in [1.165, 1.54) is 12.1 Å². The Labute approximate surface area is 101 Å². The van der Waals surface area contributed by atoms with Gasteiger partial charge in [0.1, 0.15) is 5.82 Å². The highest BCUT2D eigenvalue weighted by atomic mass is 19.1. The Kier molecular flexibility index (Phi) is 3.86. The maximum absolute atomic E-state index is 12.7. The molecule has 17 heavy (non-hydrogen) atoms. The van der Waals surface area contributed by atoms with Gasteiger partial charge in [-0.25, -0.2) is 4.39 Å². The molecule has 0 saturated heterocycles. The SMILES string of the molecule is O=C1C=CCCC1CC=Cc1ccc(F)cc1. The summed E-state index contributed by atoms with van der Waals surface area (Å²) in [6.45, 7) is 0. The summed E-state index contributed by atoms with van der Waals surface area (Å²) in [7, 11) is 0. The summed E-state index contributed by atoms with van der Waals surface area (Å²) < 4.78 is 12.7. The third-order valence-corrected chi connectivity index (χ3v) is 2.97. The molecule has 0 radical (unpaired) electrons. The van der Waals surface area contributed by atoms with Gasteiger partial charge in [-0.2, -0.15) is 0 Å². The van der Waals surface area contributed by atoms with Crippen molar-refractivity contribution >= 4 is 11.9 Å². The molecule has 2 heteroatoms. The van der Waals surface area contributed by atoms with Gasteiger partial charge in [0.25, 0.3) is 0 Å². The predicted molar refractivity (Wildman–Crippen MR) is 66.9 cm³/mol. The highest BCUT2D eigenvalue weighted by Gasteiger charge is 2.16. The first-order valence-electron chi connectivity index (χ1n) is 5.88. The first kappa shape index (κ1) is 11.8. The van der Waals surface area contributed by atoms with E-state index in [0.29, 0.717) is 0 Å². The summed E-state index contributed by atoms with van der Waals surface area (Å²) in [5.74, 6) is 0.117. The van der Waals surface area contributed by atoms with Gasteiger partial charge in [-0.05, 0) is 43.0 Å². The number of hydrogen-bond donors (Lipinski definition) is 0. The molecule has 0 spiro atoms. The minimum absolute atomic E-state index is 0.122. The fraction of sp³-hybridized carbons (Fsp3) is 0.267. The molecule has 0 bridgehead atoms. The second-order valence-corrected chi connectivity index (χ2v) is 4.27. The van der Waals surface area contributed by atoms with Crippen molar-refractivity contribution in [2.24, 2.45) is 5.92 Å². The lowest BCUT2D eigenvalue weighted by Gasteiger charge is -2.13. The van der Waals surface area contributed by atoms with Crippen LogP contribution in [0.5, 0.6) is 0 Å². The molecule has 1 nitrogen and oxygen atoms in total. The number of carbonyl (C=O) groups excluding carboxylic acids is 1. The number of carbonyl (C=O) groups is 1. The van der Waals surface area contributed by atoms with Crippen LogP contribution in [0.25, 0.3) is 6.08 Å². The minimum atomic E-state index is -0.227. The summed E-state index contributed by atoms with van der Waals surface area (Å²) >= 11 is 0. The second-order valence-electron chi connectivity index (χ2n) is 4.27. The molecule has 0 heterocycles. The van der Waals surface area contributed by atoms with Crippen LogP contribution in [0.15, 0.2) is 42.5 Å². The normalized spacial score (nSPS) is 20.1. The average Bonchev–Trinajstić information content (AvgIpc) is 2.34. The molecule has 1 aliphatic rings. The van der Waals surface area contributed by atoms with Gasteiger partial charge in [0.2, 0.25) is 0 Å². The summed E-state index contributed by atoms with van der Waals surface area (Å²) in [6, 6.07) is 6.34. The van der Waals surface area contributed by atoms with E-state index >= 15 is 0 Å². The maximum atomic E-state index is 12.7. The number of allylic oxidation sites excluding steroid dienone is 3. The van der Waals surface area contributed by atoms with Gasteiger partial charge >= 0.3 is 0 Å². The van der Waals surface area contributed by atoms with Crippen molar-refractivity contribution in [1.82, 2.24) is 0 Å². The Morgan fingerprint density at radius 3 is 2.76 bits per heavy atom. The molecule has 1 unspecified atom stereocenters. The van der Waals surface area contributed by atoms with Crippen molar-refractivity contribution in [3.63, 3.8) is 0 Å². The zero-order valence-corrected chi connectivity index (χ0v) is 9.60. The lowest BCUT2D eigenvalue weighted by atomic mass is 9.90. The first-order valence-corrected chi connectivity index (χ1v) is 5.88. The quantitative estimate of drug-likeness (QED) is 0.772. The molecular formula is C15H15FO. The minimum Gasteiger partial charge on any atom is -0.295 e. The molecular weight excluding hydrogens is 215 g/mol. The van der Waals surface area contributed by atoms with E-state index in [4.69, 9.17) is 0 Å². The van der Waals surface area contributed by atoms with Crippen molar-refractivity contribution in [2.45, 2.75) is 19.3 Å². The van der Waals surface area contributed by atoms with E-state index in [1.54, 1.807) is 18.2 Å². The fourth-order valence-electron chi connectivity index (χ4n) is 1.95. The Hall–Kier alpha value is -1.70. The zero-order valence-electron chi connectivity index (χ0n) is 9.60. The van der Waals surface area contributed by atoms with E-state index in [-0.39, 0.29) is 17.5 Å². The van der Waals surface area contributed by atoms with E-state index in [9.17, 15) is 9.18 Å². The average molecular weight is 230 g/mol. The van der Waals surface area contributed by atoms with Gasteiger partial charge in [-0.3, -0.25) is 4.79 Å². The molecule has 2 rings (SSSR count). The summed E-state index contributed by atoms with van der Waals surface area (Å²) in [5.41, 5.74) is 0.963. The van der Waals surface area contributed by atoms with Crippen LogP contribution >= 0.6 is 0 Å². The van der Waals surface area contributed by atoms with E-state index in [2.05, 4.69) is 0 Å². The van der Waals surface area contributed by atoms with Gasteiger partial charge in [-0.1, -0.05) is 30.4 Å². The lowest BCUT2D eigenvalue weighted by molar-refractivity contribution is -0.118. The smallest absolute Gasteiger partial charge is 0.158 e. The summed E-state index contributed by atoms with van der Waals surface area (Å²) in [4.78, 5) is 11.5. The zero-order chi connectivity index (χ0) is 12.1. The number of hydrogen-bond acceptors (Lipinski definition) is 1. The van der Waals surface area contributed by atoms with Gasteiger partial charge in [0, 0.05) is 5.92 Å². The van der Waals surface area contributed by atoms with Crippen molar-refractivity contribution in [1.29, 1.82) is 0 Å². The molecule has 1 aromatic carbocycles. The molecule has 0 aromatic heterocycles. The Morgan fingerprint density at radius 1 is 1.29 bits per heavy atom. The number of benzene rings is 1. The molecule has 0 amide bonds. The van der Waals surface area contributed by atoms with Crippen molar-refractivity contribution in [3.8, 4) is 0 Å². The Balaban J connectivity index is 1.91. The van der Waals surface area contributed by atoms with Crippen LogP contribution in [0.4, 0.5) is 4.39 Å². The fourth-order valence-corrected chi connectivity index (χ4v) is 1.95. The van der Waals surface area contributed by atoms with Crippen LogP contribution in [0.2, 0.25) is 0 Å². The second kappa shape index (κ2) is 5.58. The summed E-state index contributed by atoms with van der Waals surface area (Å²) in [5, 5.41) is 0. The highest BCUT2D eigenvalue weighted by Crippen LogP contribution is 2.19. The largest absolute Gasteiger partial charge is 0.295 e. The van der Waals surface area contributed by atoms with Crippen molar-refractivity contribution < 1.29 is 9.18 Å². The highest BCUT2D eigenvalue weighted by molar-refractivity contribution is 5.92. The lowest BCUT2D eigenvalue weighted by Crippen LogP contribution is -2.13. The van der Waals surface area contributed by atoms with E-state index in [1.807, 2.05) is 18.2 Å². The predicted octanol–water partition coefficient (Wildman–Crippen LogP) is 3.76. The monoisotopic (exact) mass is 230 g/mol. The van der Waals surface area contributed by atoms with Crippen LogP contribution in [-0.4, -0.2) is 5.78 Å². The Morgan fingerprint density at radius 2 is 2.06 bits per heavy atom. The van der Waals surface area contributed by atoms with Crippen LogP contribution in [0, 0.1) is 11.7 Å². The number of ketones is 1. The molecule has 0 saturated carbocycles. The molecule has 0 fully saturated rings. The van der Waals surface area contributed by atoms with Gasteiger partial charge in [0.15, 0.2) is 5.78 Å². The van der Waals surface area contributed by atoms with Gasteiger partial charge in [-0.15, -0.1) is 0 Å².